The molecule has 2 aliphatic rings. The second-order valence-corrected chi connectivity index (χ2v) is 8.95. The van der Waals surface area contributed by atoms with Crippen LogP contribution in [0, 0.1) is 0 Å². The molecule has 2 aromatic rings. The molecule has 0 amide bonds. The number of hydrogen-bond acceptors (Lipinski definition) is 3. The highest BCUT2D eigenvalue weighted by molar-refractivity contribution is 9.10. The summed E-state index contributed by atoms with van der Waals surface area (Å²) in [6.45, 7) is 5.25. The Morgan fingerprint density at radius 3 is 2.50 bits per heavy atom. The fourth-order valence-corrected chi connectivity index (χ4v) is 5.18. The number of benzene rings is 1. The van der Waals surface area contributed by atoms with Gasteiger partial charge in [0.1, 0.15) is 0 Å². The standard InChI is InChI=1S/C21H30BrN3O2.ClH/c1-2-13-27-18-6-4-16(5-7-18)24-11-9-17(10-12-24)25-20-14-15(22)3-8-19(20)23-21(25)26;/h3,8,14,16-18H,2,4-7,9-13H2,1H3,(H,23,26);1H. The van der Waals surface area contributed by atoms with Crippen LogP contribution in [-0.2, 0) is 4.74 Å². The molecule has 0 radical (unpaired) electrons. The lowest BCUT2D eigenvalue weighted by molar-refractivity contribution is 0.00254. The molecule has 1 aromatic carbocycles. The molecule has 0 spiro atoms. The molecule has 1 aliphatic heterocycles. The van der Waals surface area contributed by atoms with Gasteiger partial charge in [0.15, 0.2) is 0 Å². The highest BCUT2D eigenvalue weighted by Crippen LogP contribution is 2.31. The van der Waals surface area contributed by atoms with Gasteiger partial charge in [-0.2, -0.15) is 0 Å². The number of hydrogen-bond donors (Lipinski definition) is 1. The van der Waals surface area contributed by atoms with Crippen molar-refractivity contribution >= 4 is 39.4 Å². The molecule has 1 saturated heterocycles. The topological polar surface area (TPSA) is 50.3 Å². The molecule has 2 fully saturated rings. The Hall–Kier alpha value is -0.820. The molecule has 0 atom stereocenters. The summed E-state index contributed by atoms with van der Waals surface area (Å²) in [5, 5.41) is 0. The first kappa shape index (κ1) is 21.9. The van der Waals surface area contributed by atoms with Crippen LogP contribution in [0.4, 0.5) is 0 Å². The lowest BCUT2D eigenvalue weighted by atomic mass is 9.90. The van der Waals surface area contributed by atoms with Crippen LogP contribution in [0.5, 0.6) is 0 Å². The van der Waals surface area contributed by atoms with Crippen LogP contribution in [0.1, 0.15) is 57.9 Å². The third-order valence-corrected chi connectivity index (χ3v) is 6.75. The summed E-state index contributed by atoms with van der Waals surface area (Å²) in [6.07, 6.45) is 8.56. The van der Waals surface area contributed by atoms with Crippen LogP contribution >= 0.6 is 28.3 Å². The van der Waals surface area contributed by atoms with E-state index in [0.717, 1.165) is 54.5 Å². The average molecular weight is 473 g/mol. The van der Waals surface area contributed by atoms with Gasteiger partial charge in [-0.3, -0.25) is 4.57 Å². The first-order valence-electron chi connectivity index (χ1n) is 10.4. The molecule has 7 heteroatoms. The summed E-state index contributed by atoms with van der Waals surface area (Å²) in [7, 11) is 0. The van der Waals surface area contributed by atoms with Gasteiger partial charge < -0.3 is 14.6 Å². The number of aromatic nitrogens is 2. The fourth-order valence-electron chi connectivity index (χ4n) is 4.83. The summed E-state index contributed by atoms with van der Waals surface area (Å²) in [6, 6.07) is 7.00. The van der Waals surface area contributed by atoms with Crippen LogP contribution in [0.3, 0.4) is 0 Å². The van der Waals surface area contributed by atoms with E-state index in [2.05, 4.69) is 38.8 Å². The maximum atomic E-state index is 12.5. The number of H-pyrrole nitrogens is 1. The van der Waals surface area contributed by atoms with E-state index in [1.54, 1.807) is 0 Å². The largest absolute Gasteiger partial charge is 0.378 e. The van der Waals surface area contributed by atoms with Crippen LogP contribution in [0.2, 0.25) is 0 Å². The second-order valence-electron chi connectivity index (χ2n) is 8.03. The summed E-state index contributed by atoms with van der Waals surface area (Å²) in [4.78, 5) is 18.2. The van der Waals surface area contributed by atoms with Crippen LogP contribution < -0.4 is 5.69 Å². The van der Waals surface area contributed by atoms with E-state index in [1.165, 1.54) is 25.7 Å². The molecule has 1 aliphatic carbocycles. The van der Waals surface area contributed by atoms with Gasteiger partial charge in [-0.1, -0.05) is 22.9 Å². The number of piperidine rings is 1. The van der Waals surface area contributed by atoms with Crippen molar-refractivity contribution in [2.75, 3.05) is 19.7 Å². The zero-order chi connectivity index (χ0) is 18.8. The Morgan fingerprint density at radius 1 is 1.11 bits per heavy atom. The smallest absolute Gasteiger partial charge is 0.326 e. The maximum Gasteiger partial charge on any atom is 0.326 e. The average Bonchev–Trinajstić information content (AvgIpc) is 3.02. The van der Waals surface area contributed by atoms with Gasteiger partial charge in [-0.05, 0) is 63.1 Å². The Balaban J connectivity index is 0.00000225. The lowest BCUT2D eigenvalue weighted by Gasteiger charge is -2.41. The van der Waals surface area contributed by atoms with Crippen molar-refractivity contribution in [2.45, 2.75) is 70.1 Å². The number of likely N-dealkylation sites (tertiary alicyclic amines) is 1. The predicted molar refractivity (Wildman–Crippen MR) is 120 cm³/mol. The molecular formula is C21H31BrClN3O2. The first-order valence-corrected chi connectivity index (χ1v) is 11.2. The maximum absolute atomic E-state index is 12.5. The number of rotatable bonds is 5. The minimum atomic E-state index is 0. The Kier molecular flexibility index (Phi) is 7.65. The van der Waals surface area contributed by atoms with Crippen molar-refractivity contribution in [3.63, 3.8) is 0 Å². The Morgan fingerprint density at radius 2 is 1.82 bits per heavy atom. The van der Waals surface area contributed by atoms with E-state index in [0.29, 0.717) is 18.2 Å². The summed E-state index contributed by atoms with van der Waals surface area (Å²) in [5.41, 5.74) is 1.97. The fraction of sp³-hybridized carbons (Fsp3) is 0.667. The molecule has 0 bridgehead atoms. The molecule has 0 unspecified atom stereocenters. The van der Waals surface area contributed by atoms with E-state index < -0.39 is 0 Å². The zero-order valence-electron chi connectivity index (χ0n) is 16.5. The number of fused-ring (bicyclic) bond motifs is 1. The minimum absolute atomic E-state index is 0. The van der Waals surface area contributed by atoms with Gasteiger partial charge in [-0.15, -0.1) is 12.4 Å². The molecular weight excluding hydrogens is 442 g/mol. The number of nitrogens with one attached hydrogen (secondary N) is 1. The quantitative estimate of drug-likeness (QED) is 0.674. The van der Waals surface area contributed by atoms with Gasteiger partial charge in [0.05, 0.1) is 17.1 Å². The number of ether oxygens (including phenoxy) is 1. The third-order valence-electron chi connectivity index (χ3n) is 6.26. The Bertz CT molecular complexity index is 821. The van der Waals surface area contributed by atoms with E-state index >= 15 is 0 Å². The zero-order valence-corrected chi connectivity index (χ0v) is 18.9. The molecule has 156 valence electrons. The number of imidazole rings is 1. The molecule has 5 nitrogen and oxygen atoms in total. The van der Waals surface area contributed by atoms with Crippen LogP contribution in [0.15, 0.2) is 27.5 Å². The third kappa shape index (κ3) is 4.66. The van der Waals surface area contributed by atoms with Crippen molar-refractivity contribution in [3.8, 4) is 0 Å². The van der Waals surface area contributed by atoms with Gasteiger partial charge in [0.2, 0.25) is 0 Å². The van der Waals surface area contributed by atoms with Gasteiger partial charge in [0, 0.05) is 36.3 Å². The summed E-state index contributed by atoms with van der Waals surface area (Å²) < 4.78 is 8.93. The number of aromatic amines is 1. The molecule has 28 heavy (non-hydrogen) atoms. The molecule has 1 N–H and O–H groups in total. The van der Waals surface area contributed by atoms with Crippen molar-refractivity contribution in [1.82, 2.24) is 14.5 Å². The minimum Gasteiger partial charge on any atom is -0.378 e. The molecule has 1 saturated carbocycles. The molecule has 1 aromatic heterocycles. The highest BCUT2D eigenvalue weighted by atomic mass is 79.9. The van der Waals surface area contributed by atoms with Crippen molar-refractivity contribution in [3.05, 3.63) is 33.2 Å². The number of nitrogens with zero attached hydrogens (tertiary/aromatic N) is 2. The van der Waals surface area contributed by atoms with Crippen LogP contribution in [-0.4, -0.2) is 46.3 Å². The van der Waals surface area contributed by atoms with E-state index in [4.69, 9.17) is 4.74 Å². The Labute approximate surface area is 181 Å². The van der Waals surface area contributed by atoms with Crippen LogP contribution in [0.25, 0.3) is 11.0 Å². The van der Waals surface area contributed by atoms with E-state index in [1.807, 2.05) is 16.7 Å². The van der Waals surface area contributed by atoms with Crippen molar-refractivity contribution in [2.24, 2.45) is 0 Å². The van der Waals surface area contributed by atoms with Gasteiger partial charge in [0.25, 0.3) is 0 Å². The molecule has 4 rings (SSSR count). The highest BCUT2D eigenvalue weighted by Gasteiger charge is 2.30. The second kappa shape index (κ2) is 9.79. The van der Waals surface area contributed by atoms with Gasteiger partial charge in [-0.25, -0.2) is 4.79 Å². The predicted octanol–water partition coefficient (Wildman–Crippen LogP) is 4.89. The van der Waals surface area contributed by atoms with Crippen molar-refractivity contribution in [1.29, 1.82) is 0 Å². The summed E-state index contributed by atoms with van der Waals surface area (Å²) in [5.74, 6) is 0. The number of halogens is 2. The lowest BCUT2D eigenvalue weighted by Crippen LogP contribution is -2.45. The van der Waals surface area contributed by atoms with Gasteiger partial charge >= 0.3 is 5.69 Å². The van der Waals surface area contributed by atoms with E-state index in [-0.39, 0.29) is 18.1 Å². The molecule has 2 heterocycles. The van der Waals surface area contributed by atoms with Crippen molar-refractivity contribution < 1.29 is 4.74 Å². The van der Waals surface area contributed by atoms with E-state index in [9.17, 15) is 4.79 Å². The monoisotopic (exact) mass is 471 g/mol. The SMILES string of the molecule is CCCOC1CCC(N2CCC(n3c(=O)[nH]c4ccc(Br)cc43)CC2)CC1.Cl. The first-order chi connectivity index (χ1) is 13.2. The normalized spacial score (nSPS) is 24.4. The summed E-state index contributed by atoms with van der Waals surface area (Å²) >= 11 is 3.53.